The van der Waals surface area contributed by atoms with Crippen molar-refractivity contribution in [3.8, 4) is 0 Å². The van der Waals surface area contributed by atoms with E-state index in [2.05, 4.69) is 46.3 Å². The van der Waals surface area contributed by atoms with Gasteiger partial charge in [0.1, 0.15) is 5.15 Å². The third kappa shape index (κ3) is 3.27. The van der Waals surface area contributed by atoms with Crippen LogP contribution in [0.2, 0.25) is 5.15 Å². The Labute approximate surface area is 124 Å². The highest BCUT2D eigenvalue weighted by Gasteiger charge is 2.14. The molecule has 0 unspecified atom stereocenters. The highest BCUT2D eigenvalue weighted by molar-refractivity contribution is 6.29. The molecule has 0 aliphatic carbocycles. The maximum atomic E-state index is 5.95. The number of halogens is 1. The smallest absolute Gasteiger partial charge is 0.129 e. The minimum atomic E-state index is 0.565. The standard InChI is InChI=1S/C17H17ClN2/c18-17-8-4-7-16(19-17)15-9-11-20(12-10-15)13-14-5-2-1-3-6-14/h1-9H,10-13H2. The van der Waals surface area contributed by atoms with Crippen LogP contribution in [0.4, 0.5) is 0 Å². The van der Waals surface area contributed by atoms with E-state index in [1.807, 2.05) is 18.2 Å². The predicted molar refractivity (Wildman–Crippen MR) is 83.6 cm³/mol. The third-order valence-corrected chi connectivity index (χ3v) is 3.80. The van der Waals surface area contributed by atoms with Crippen molar-refractivity contribution in [2.45, 2.75) is 13.0 Å². The number of hydrogen-bond donors (Lipinski definition) is 0. The molecule has 1 aromatic heterocycles. The Balaban J connectivity index is 1.66. The van der Waals surface area contributed by atoms with E-state index in [9.17, 15) is 0 Å². The average Bonchev–Trinajstić information content (AvgIpc) is 2.49. The molecular formula is C17H17ClN2. The number of aromatic nitrogens is 1. The van der Waals surface area contributed by atoms with Crippen molar-refractivity contribution in [2.75, 3.05) is 13.1 Å². The lowest BCUT2D eigenvalue weighted by Crippen LogP contribution is -2.28. The average molecular weight is 285 g/mol. The Kier molecular flexibility index (Phi) is 4.14. The lowest BCUT2D eigenvalue weighted by atomic mass is 10.0. The number of rotatable bonds is 3. The van der Waals surface area contributed by atoms with Crippen LogP contribution in [0.25, 0.3) is 5.57 Å². The van der Waals surface area contributed by atoms with Crippen molar-refractivity contribution in [3.05, 3.63) is 71.0 Å². The fourth-order valence-corrected chi connectivity index (χ4v) is 2.68. The molecule has 0 saturated carbocycles. The summed E-state index contributed by atoms with van der Waals surface area (Å²) in [6, 6.07) is 16.4. The second-order valence-electron chi connectivity index (χ2n) is 5.05. The van der Waals surface area contributed by atoms with Gasteiger partial charge in [0.25, 0.3) is 0 Å². The summed E-state index contributed by atoms with van der Waals surface area (Å²) in [6.07, 6.45) is 3.30. The summed E-state index contributed by atoms with van der Waals surface area (Å²) in [5, 5.41) is 0.565. The van der Waals surface area contributed by atoms with Crippen molar-refractivity contribution < 1.29 is 0 Å². The molecule has 20 heavy (non-hydrogen) atoms. The zero-order valence-electron chi connectivity index (χ0n) is 11.3. The van der Waals surface area contributed by atoms with E-state index >= 15 is 0 Å². The Bertz CT molecular complexity index is 607. The van der Waals surface area contributed by atoms with Gasteiger partial charge < -0.3 is 0 Å². The first kappa shape index (κ1) is 13.3. The van der Waals surface area contributed by atoms with Crippen LogP contribution in [-0.4, -0.2) is 23.0 Å². The summed E-state index contributed by atoms with van der Waals surface area (Å²) in [6.45, 7) is 3.04. The van der Waals surface area contributed by atoms with Crippen molar-refractivity contribution in [1.29, 1.82) is 0 Å². The van der Waals surface area contributed by atoms with E-state index in [-0.39, 0.29) is 0 Å². The molecule has 1 aliphatic rings. The van der Waals surface area contributed by atoms with Gasteiger partial charge in [-0.3, -0.25) is 4.90 Å². The molecule has 2 nitrogen and oxygen atoms in total. The van der Waals surface area contributed by atoms with E-state index in [4.69, 9.17) is 11.6 Å². The van der Waals surface area contributed by atoms with Gasteiger partial charge in [-0.2, -0.15) is 0 Å². The zero-order chi connectivity index (χ0) is 13.8. The molecule has 2 heterocycles. The van der Waals surface area contributed by atoms with Crippen molar-refractivity contribution in [3.63, 3.8) is 0 Å². The molecule has 2 aromatic rings. The van der Waals surface area contributed by atoms with Gasteiger partial charge in [-0.05, 0) is 29.7 Å². The molecule has 0 spiro atoms. The predicted octanol–water partition coefficient (Wildman–Crippen LogP) is 4.02. The first-order chi connectivity index (χ1) is 9.81. The maximum absolute atomic E-state index is 5.95. The molecule has 0 radical (unpaired) electrons. The van der Waals surface area contributed by atoms with Crippen molar-refractivity contribution in [2.24, 2.45) is 0 Å². The van der Waals surface area contributed by atoms with Crippen LogP contribution >= 0.6 is 11.6 Å². The topological polar surface area (TPSA) is 16.1 Å². The van der Waals surface area contributed by atoms with E-state index in [0.717, 1.165) is 31.7 Å². The van der Waals surface area contributed by atoms with E-state index in [1.54, 1.807) is 0 Å². The van der Waals surface area contributed by atoms with Gasteiger partial charge in [0.15, 0.2) is 0 Å². The van der Waals surface area contributed by atoms with Crippen molar-refractivity contribution >= 4 is 17.2 Å². The summed E-state index contributed by atoms with van der Waals surface area (Å²) in [7, 11) is 0. The van der Waals surface area contributed by atoms with Crippen LogP contribution in [0, 0.1) is 0 Å². The fourth-order valence-electron chi connectivity index (χ4n) is 2.52. The molecule has 0 fully saturated rings. The molecular weight excluding hydrogens is 268 g/mol. The maximum Gasteiger partial charge on any atom is 0.129 e. The number of nitrogens with zero attached hydrogens (tertiary/aromatic N) is 2. The molecule has 0 N–H and O–H groups in total. The van der Waals surface area contributed by atoms with Crippen LogP contribution < -0.4 is 0 Å². The van der Waals surface area contributed by atoms with Gasteiger partial charge in [0.2, 0.25) is 0 Å². The van der Waals surface area contributed by atoms with Gasteiger partial charge in [0, 0.05) is 19.6 Å². The van der Waals surface area contributed by atoms with Gasteiger partial charge in [-0.25, -0.2) is 4.98 Å². The Hall–Kier alpha value is -1.64. The van der Waals surface area contributed by atoms with Crippen LogP contribution in [0.15, 0.2) is 54.6 Å². The van der Waals surface area contributed by atoms with Crippen molar-refractivity contribution in [1.82, 2.24) is 9.88 Å². The van der Waals surface area contributed by atoms with Crippen LogP contribution in [0.1, 0.15) is 17.7 Å². The number of hydrogen-bond acceptors (Lipinski definition) is 2. The Morgan fingerprint density at radius 2 is 1.90 bits per heavy atom. The zero-order valence-corrected chi connectivity index (χ0v) is 12.1. The third-order valence-electron chi connectivity index (χ3n) is 3.59. The van der Waals surface area contributed by atoms with E-state index in [0.29, 0.717) is 5.15 Å². The van der Waals surface area contributed by atoms with Crippen LogP contribution in [0.3, 0.4) is 0 Å². The molecule has 1 aliphatic heterocycles. The quantitative estimate of drug-likeness (QED) is 0.791. The van der Waals surface area contributed by atoms with Gasteiger partial charge in [-0.1, -0.05) is 54.1 Å². The lowest BCUT2D eigenvalue weighted by Gasteiger charge is -2.26. The van der Waals surface area contributed by atoms with Crippen LogP contribution in [-0.2, 0) is 6.54 Å². The van der Waals surface area contributed by atoms with Gasteiger partial charge in [0.05, 0.1) is 5.69 Å². The second kappa shape index (κ2) is 6.21. The van der Waals surface area contributed by atoms with E-state index in [1.165, 1.54) is 11.1 Å². The highest BCUT2D eigenvalue weighted by Crippen LogP contribution is 2.22. The summed E-state index contributed by atoms with van der Waals surface area (Å²) in [5.41, 5.74) is 3.68. The molecule has 3 heteroatoms. The molecule has 0 amide bonds. The van der Waals surface area contributed by atoms with Crippen LogP contribution in [0.5, 0.6) is 0 Å². The SMILES string of the molecule is Clc1cccc(C2=CCN(Cc3ccccc3)CC2)n1. The summed E-state index contributed by atoms with van der Waals surface area (Å²) in [4.78, 5) is 6.83. The second-order valence-corrected chi connectivity index (χ2v) is 5.43. The summed E-state index contributed by atoms with van der Waals surface area (Å²) in [5.74, 6) is 0. The molecule has 0 saturated heterocycles. The fraction of sp³-hybridized carbons (Fsp3) is 0.235. The molecule has 3 rings (SSSR count). The van der Waals surface area contributed by atoms with Gasteiger partial charge >= 0.3 is 0 Å². The molecule has 0 atom stereocenters. The monoisotopic (exact) mass is 284 g/mol. The summed E-state index contributed by atoms with van der Waals surface area (Å²) >= 11 is 5.95. The highest BCUT2D eigenvalue weighted by atomic mass is 35.5. The first-order valence-electron chi connectivity index (χ1n) is 6.89. The molecule has 0 bridgehead atoms. The number of benzene rings is 1. The lowest BCUT2D eigenvalue weighted by molar-refractivity contribution is 0.294. The summed E-state index contributed by atoms with van der Waals surface area (Å²) < 4.78 is 0. The molecule has 102 valence electrons. The number of pyridine rings is 1. The Morgan fingerprint density at radius 1 is 1.05 bits per heavy atom. The van der Waals surface area contributed by atoms with Gasteiger partial charge in [-0.15, -0.1) is 0 Å². The largest absolute Gasteiger partial charge is 0.295 e. The first-order valence-corrected chi connectivity index (χ1v) is 7.27. The Morgan fingerprint density at radius 3 is 2.60 bits per heavy atom. The van der Waals surface area contributed by atoms with E-state index < -0.39 is 0 Å². The minimum Gasteiger partial charge on any atom is -0.295 e. The molecule has 1 aromatic carbocycles. The normalized spacial score (nSPS) is 15.9. The minimum absolute atomic E-state index is 0.565.